The van der Waals surface area contributed by atoms with Gasteiger partial charge in [-0.05, 0) is 12.1 Å². The van der Waals surface area contributed by atoms with Crippen molar-refractivity contribution >= 4 is 5.78 Å². The van der Waals surface area contributed by atoms with Crippen molar-refractivity contribution < 1.29 is 23.7 Å². The van der Waals surface area contributed by atoms with E-state index < -0.39 is 0 Å². The van der Waals surface area contributed by atoms with Gasteiger partial charge < -0.3 is 18.9 Å². The molecule has 6 heteroatoms. The summed E-state index contributed by atoms with van der Waals surface area (Å²) in [5.41, 5.74) is 0.498. The highest BCUT2D eigenvalue weighted by molar-refractivity contribution is 6.01. The molecule has 1 aromatic rings. The second-order valence-corrected chi connectivity index (χ2v) is 4.05. The summed E-state index contributed by atoms with van der Waals surface area (Å²) in [6.45, 7) is 0.760. The Kier molecular flexibility index (Phi) is 4.24. The molecule has 1 N–H and O–H groups in total. The van der Waals surface area contributed by atoms with Gasteiger partial charge in [0.2, 0.25) is 5.75 Å². The van der Waals surface area contributed by atoms with Crippen LogP contribution in [0, 0.1) is 0 Å². The SMILES string of the molecule is COc1cc(C(=O)C2COCN2)cc(OC)c1OC. The summed E-state index contributed by atoms with van der Waals surface area (Å²) in [7, 11) is 4.55. The highest BCUT2D eigenvalue weighted by Gasteiger charge is 2.26. The zero-order valence-corrected chi connectivity index (χ0v) is 11.2. The van der Waals surface area contributed by atoms with E-state index in [4.69, 9.17) is 18.9 Å². The minimum atomic E-state index is -0.331. The van der Waals surface area contributed by atoms with E-state index in [2.05, 4.69) is 5.32 Å². The van der Waals surface area contributed by atoms with Crippen molar-refractivity contribution in [2.45, 2.75) is 6.04 Å². The predicted molar refractivity (Wildman–Crippen MR) is 68.2 cm³/mol. The molecule has 1 aliphatic heterocycles. The van der Waals surface area contributed by atoms with Gasteiger partial charge in [-0.2, -0.15) is 0 Å². The largest absolute Gasteiger partial charge is 0.493 e. The number of nitrogens with one attached hydrogen (secondary N) is 1. The van der Waals surface area contributed by atoms with Crippen LogP contribution in [0.4, 0.5) is 0 Å². The van der Waals surface area contributed by atoms with E-state index in [1.807, 2.05) is 0 Å². The quantitative estimate of drug-likeness (QED) is 0.798. The van der Waals surface area contributed by atoms with Crippen molar-refractivity contribution in [3.8, 4) is 17.2 Å². The van der Waals surface area contributed by atoms with Crippen LogP contribution in [0.2, 0.25) is 0 Å². The van der Waals surface area contributed by atoms with Crippen LogP contribution in [0.3, 0.4) is 0 Å². The topological polar surface area (TPSA) is 66.0 Å². The van der Waals surface area contributed by atoms with Crippen LogP contribution in [0.1, 0.15) is 10.4 Å². The fourth-order valence-corrected chi connectivity index (χ4v) is 1.99. The summed E-state index contributed by atoms with van der Waals surface area (Å²) in [5, 5.41) is 2.97. The van der Waals surface area contributed by atoms with Crippen LogP contribution >= 0.6 is 0 Å². The average Bonchev–Trinajstić information content (AvgIpc) is 2.98. The van der Waals surface area contributed by atoms with Gasteiger partial charge in [0.15, 0.2) is 17.3 Å². The van der Waals surface area contributed by atoms with Gasteiger partial charge >= 0.3 is 0 Å². The molecule has 1 atom stereocenters. The normalized spacial score (nSPS) is 18.2. The lowest BCUT2D eigenvalue weighted by Gasteiger charge is -2.15. The van der Waals surface area contributed by atoms with Crippen molar-refractivity contribution in [2.75, 3.05) is 34.7 Å². The molecule has 1 aromatic carbocycles. The Morgan fingerprint density at radius 3 is 2.26 bits per heavy atom. The summed E-state index contributed by atoms with van der Waals surface area (Å²) < 4.78 is 20.8. The van der Waals surface area contributed by atoms with Crippen molar-refractivity contribution in [3.05, 3.63) is 17.7 Å². The lowest BCUT2D eigenvalue weighted by atomic mass is 10.0. The Labute approximate surface area is 111 Å². The Hall–Kier alpha value is -1.79. The lowest BCUT2D eigenvalue weighted by Crippen LogP contribution is -2.33. The minimum Gasteiger partial charge on any atom is -0.493 e. The third kappa shape index (κ3) is 2.64. The summed E-state index contributed by atoms with van der Waals surface area (Å²) >= 11 is 0. The number of hydrogen-bond donors (Lipinski definition) is 1. The maximum Gasteiger partial charge on any atom is 0.203 e. The number of benzene rings is 1. The van der Waals surface area contributed by atoms with Crippen LogP contribution in [-0.2, 0) is 4.74 Å². The molecule has 1 aliphatic rings. The summed E-state index contributed by atoms with van der Waals surface area (Å²) in [4.78, 5) is 12.3. The number of ketones is 1. The highest BCUT2D eigenvalue weighted by atomic mass is 16.5. The summed E-state index contributed by atoms with van der Waals surface area (Å²) in [5.74, 6) is 1.34. The fraction of sp³-hybridized carbons (Fsp3) is 0.462. The lowest BCUT2D eigenvalue weighted by molar-refractivity contribution is 0.0941. The Morgan fingerprint density at radius 1 is 1.21 bits per heavy atom. The molecule has 1 unspecified atom stereocenters. The van der Waals surface area contributed by atoms with E-state index in [0.717, 1.165) is 0 Å². The van der Waals surface area contributed by atoms with Gasteiger partial charge in [-0.1, -0.05) is 0 Å². The van der Waals surface area contributed by atoms with Crippen molar-refractivity contribution in [2.24, 2.45) is 0 Å². The van der Waals surface area contributed by atoms with Crippen molar-refractivity contribution in [1.29, 1.82) is 0 Å². The molecule has 104 valence electrons. The molecule has 0 radical (unpaired) electrons. The number of hydrogen-bond acceptors (Lipinski definition) is 6. The van der Waals surface area contributed by atoms with Crippen LogP contribution in [0.15, 0.2) is 12.1 Å². The van der Waals surface area contributed by atoms with Crippen molar-refractivity contribution in [3.63, 3.8) is 0 Å². The molecule has 19 heavy (non-hydrogen) atoms. The molecule has 0 saturated carbocycles. The molecule has 0 amide bonds. The summed E-state index contributed by atoms with van der Waals surface area (Å²) in [6, 6.07) is 2.95. The molecule has 0 aliphatic carbocycles. The number of rotatable bonds is 5. The number of carbonyl (C=O) groups excluding carboxylic acids is 1. The first-order valence-corrected chi connectivity index (χ1v) is 5.86. The molecule has 1 heterocycles. The number of carbonyl (C=O) groups is 1. The monoisotopic (exact) mass is 267 g/mol. The molecule has 0 spiro atoms. The average molecular weight is 267 g/mol. The van der Waals surface area contributed by atoms with Gasteiger partial charge in [0.25, 0.3) is 0 Å². The Bertz CT molecular complexity index is 443. The van der Waals surface area contributed by atoms with Gasteiger partial charge in [0, 0.05) is 5.56 Å². The third-order valence-electron chi connectivity index (χ3n) is 2.98. The molecular formula is C13H17NO5. The third-order valence-corrected chi connectivity index (χ3v) is 2.98. The first kappa shape index (κ1) is 13.6. The number of ether oxygens (including phenoxy) is 4. The smallest absolute Gasteiger partial charge is 0.203 e. The minimum absolute atomic E-state index is 0.0586. The molecule has 1 saturated heterocycles. The predicted octanol–water partition coefficient (Wildman–Crippen LogP) is 0.841. The zero-order chi connectivity index (χ0) is 13.8. The zero-order valence-electron chi connectivity index (χ0n) is 11.2. The van der Waals surface area contributed by atoms with Gasteiger partial charge in [-0.3, -0.25) is 10.1 Å². The molecule has 6 nitrogen and oxygen atoms in total. The fourth-order valence-electron chi connectivity index (χ4n) is 1.99. The van der Waals surface area contributed by atoms with E-state index in [1.165, 1.54) is 21.3 Å². The van der Waals surface area contributed by atoms with E-state index >= 15 is 0 Å². The first-order valence-electron chi connectivity index (χ1n) is 5.86. The van der Waals surface area contributed by atoms with Crippen LogP contribution in [0.25, 0.3) is 0 Å². The van der Waals surface area contributed by atoms with Gasteiger partial charge in [0.1, 0.15) is 0 Å². The molecule has 1 fully saturated rings. The molecule has 0 bridgehead atoms. The second-order valence-electron chi connectivity index (χ2n) is 4.05. The number of methoxy groups -OCH3 is 3. The summed E-state index contributed by atoms with van der Waals surface area (Å²) in [6.07, 6.45) is 0. The van der Waals surface area contributed by atoms with Crippen LogP contribution in [0.5, 0.6) is 17.2 Å². The Morgan fingerprint density at radius 2 is 1.84 bits per heavy atom. The Balaban J connectivity index is 2.37. The maximum absolute atomic E-state index is 12.3. The molecule has 0 aromatic heterocycles. The van der Waals surface area contributed by atoms with Gasteiger partial charge in [-0.15, -0.1) is 0 Å². The maximum atomic E-state index is 12.3. The van der Waals surface area contributed by atoms with E-state index in [-0.39, 0.29) is 11.8 Å². The van der Waals surface area contributed by atoms with Gasteiger partial charge in [0.05, 0.1) is 40.7 Å². The van der Waals surface area contributed by atoms with E-state index in [1.54, 1.807) is 12.1 Å². The van der Waals surface area contributed by atoms with Crippen LogP contribution in [-0.4, -0.2) is 46.5 Å². The molecular weight excluding hydrogens is 250 g/mol. The first-order chi connectivity index (χ1) is 9.21. The second kappa shape index (κ2) is 5.90. The highest BCUT2D eigenvalue weighted by Crippen LogP contribution is 2.38. The van der Waals surface area contributed by atoms with E-state index in [0.29, 0.717) is 36.1 Å². The van der Waals surface area contributed by atoms with Crippen molar-refractivity contribution in [1.82, 2.24) is 5.32 Å². The number of Topliss-reactive ketones (excluding diaryl/α,β-unsaturated/α-hetero) is 1. The molecule has 2 rings (SSSR count). The van der Waals surface area contributed by atoms with E-state index in [9.17, 15) is 4.79 Å². The van der Waals surface area contributed by atoms with Crippen LogP contribution < -0.4 is 19.5 Å². The standard InChI is InChI=1S/C13H17NO5/c1-16-10-4-8(5-11(17-2)13(10)18-3)12(15)9-6-19-7-14-9/h4-5,9,14H,6-7H2,1-3H3. The van der Waals surface area contributed by atoms with Gasteiger partial charge in [-0.25, -0.2) is 0 Å².